The van der Waals surface area contributed by atoms with E-state index in [0.717, 1.165) is 23.7 Å². The number of imidazole rings is 1. The molecule has 24 heteroatoms. The number of halogens is 1. The first-order valence-corrected chi connectivity index (χ1v) is 29.5. The third-order valence-electron chi connectivity index (χ3n) is 13.2. The van der Waals surface area contributed by atoms with Crippen LogP contribution in [-0.4, -0.2) is 164 Å². The number of likely N-dealkylation sites (tertiary alicyclic amines) is 2. The van der Waals surface area contributed by atoms with Gasteiger partial charge in [-0.15, -0.1) is 0 Å². The van der Waals surface area contributed by atoms with Gasteiger partial charge in [0.25, 0.3) is 0 Å². The van der Waals surface area contributed by atoms with E-state index in [1.807, 2.05) is 4.57 Å². The van der Waals surface area contributed by atoms with Crippen LogP contribution < -0.4 is 31.2 Å². The number of aromatic nitrogens is 4. The topological polar surface area (TPSA) is 311 Å². The smallest absolute Gasteiger partial charge is 0.307 e. The number of imide groups is 1. The van der Waals surface area contributed by atoms with Crippen molar-refractivity contribution in [1.29, 1.82) is 0 Å². The maximum atomic E-state index is 13.5. The quantitative estimate of drug-likeness (QED) is 0.0296. The van der Waals surface area contributed by atoms with Crippen molar-refractivity contribution < 1.29 is 62.9 Å². The molecule has 0 saturated carbocycles. The van der Waals surface area contributed by atoms with Gasteiger partial charge in [0.15, 0.2) is 24.7 Å². The number of rotatable bonds is 22. The molecule has 6 rings (SSSR count). The van der Waals surface area contributed by atoms with E-state index in [1.165, 1.54) is 23.1 Å². The fourth-order valence-corrected chi connectivity index (χ4v) is 13.8. The predicted molar refractivity (Wildman–Crippen MR) is 271 cm³/mol. The number of ether oxygens (including phenoxy) is 2. The van der Waals surface area contributed by atoms with Crippen molar-refractivity contribution in [1.82, 2.24) is 40.7 Å². The molecule has 0 aliphatic carbocycles. The minimum absolute atomic E-state index is 0.0227. The molecule has 7 amide bonds. The average Bonchev–Trinajstić information content (AvgIpc) is 4.10. The van der Waals surface area contributed by atoms with Gasteiger partial charge in [-0.3, -0.25) is 14.6 Å². The zero-order valence-electron chi connectivity index (χ0n) is 41.9. The second-order valence-corrected chi connectivity index (χ2v) is 25.2. The summed E-state index contributed by atoms with van der Waals surface area (Å²) in [4.78, 5) is 108. The molecule has 3 aliphatic rings. The van der Waals surface area contributed by atoms with Crippen LogP contribution in [0.25, 0.3) is 11.2 Å². The maximum absolute atomic E-state index is 13.5. The van der Waals surface area contributed by atoms with Gasteiger partial charge in [0.05, 0.1) is 24.6 Å². The van der Waals surface area contributed by atoms with Crippen molar-refractivity contribution in [2.45, 2.75) is 139 Å². The van der Waals surface area contributed by atoms with Crippen molar-refractivity contribution >= 4 is 84.0 Å². The Balaban J connectivity index is 0.916. The van der Waals surface area contributed by atoms with E-state index in [2.05, 4.69) is 67.2 Å². The van der Waals surface area contributed by atoms with Gasteiger partial charge in [-0.2, -0.15) is 4.98 Å². The molecule has 0 radical (unpaired) electrons. The van der Waals surface area contributed by atoms with Gasteiger partial charge in [-0.05, 0) is 37.5 Å². The number of carbonyl (C=O) groups is 7. The molecule has 0 bridgehead atoms. The molecule has 5 heterocycles. The maximum Gasteiger partial charge on any atom is 0.307 e. The van der Waals surface area contributed by atoms with Crippen LogP contribution in [0.3, 0.4) is 0 Å². The van der Waals surface area contributed by atoms with Gasteiger partial charge in [0.1, 0.15) is 24.9 Å². The van der Waals surface area contributed by atoms with Gasteiger partial charge in [-0.1, -0.05) is 30.5 Å². The number of fused-ring (bicyclic) bond motifs is 1. The normalized spacial score (nSPS) is 23.7. The number of aliphatic hydroxyl groups is 3. The molecule has 0 spiro atoms. The summed E-state index contributed by atoms with van der Waals surface area (Å²) in [5.74, 6) is -3.27. The molecule has 3 aromatic rings. The Kier molecular flexibility index (Phi) is 19.7. The van der Waals surface area contributed by atoms with Crippen LogP contribution in [-0.2, 0) is 44.8 Å². The second kappa shape index (κ2) is 25.4. The summed E-state index contributed by atoms with van der Waals surface area (Å²) in [6, 6.07) is 3.52. The summed E-state index contributed by atoms with van der Waals surface area (Å²) in [7, 11) is 0. The summed E-state index contributed by atoms with van der Waals surface area (Å²) in [5, 5.41) is 46.4. The van der Waals surface area contributed by atoms with Crippen LogP contribution in [0.15, 0.2) is 36.9 Å². The van der Waals surface area contributed by atoms with Gasteiger partial charge < -0.3 is 45.6 Å². The fraction of sp³-hybridized carbons (Fsp3) is 0.625. The number of aliphatic hydroxyl groups excluding tert-OH is 3. The molecule has 1 aromatic carbocycles. The van der Waals surface area contributed by atoms with E-state index in [0.29, 0.717) is 34.7 Å². The third kappa shape index (κ3) is 13.5. The molecule has 23 nitrogen and oxygen atoms in total. The Hall–Kier alpha value is -5.57. The number of anilines is 2. The second-order valence-electron chi connectivity index (χ2n) is 19.0. The van der Waals surface area contributed by atoms with Gasteiger partial charge in [0, 0.05) is 18.8 Å². The van der Waals surface area contributed by atoms with Gasteiger partial charge in [0.2, 0.25) is 11.4 Å². The van der Waals surface area contributed by atoms with Crippen LogP contribution in [0.2, 0.25) is 0 Å². The zero-order valence-corrected chi connectivity index (χ0v) is 44.1. The molecular formula is C48H71IN11O12+. The zero-order chi connectivity index (χ0) is 52.4. The van der Waals surface area contributed by atoms with E-state index in [4.69, 9.17) is 9.47 Å². The Morgan fingerprint density at radius 2 is 1.74 bits per heavy atom. The number of hydrogen-bond acceptors (Lipinski definition) is 15. The monoisotopic (exact) mass is 1120 g/mol. The first-order chi connectivity index (χ1) is 34.3. The number of H-pyrrole nitrogens is 1. The van der Waals surface area contributed by atoms with E-state index in [-0.39, 0.29) is 66.8 Å². The largest absolute Gasteiger partial charge is 0.388 e. The number of nitrogens with one attached hydrogen (secondary N) is 6. The summed E-state index contributed by atoms with van der Waals surface area (Å²) in [6.07, 6.45) is 0.330. The van der Waals surface area contributed by atoms with E-state index in [1.54, 1.807) is 44.4 Å². The number of carbonyl (C=O) groups excluding carboxylic acids is 7. The summed E-state index contributed by atoms with van der Waals surface area (Å²) in [5.41, 5.74) is 2.20. The Morgan fingerprint density at radius 3 is 2.42 bits per heavy atom. The van der Waals surface area contributed by atoms with Crippen molar-refractivity contribution in [3.05, 3.63) is 42.5 Å². The van der Waals surface area contributed by atoms with Crippen LogP contribution in [0, 0.1) is 11.8 Å². The first-order valence-electron chi connectivity index (χ1n) is 24.6. The molecule has 3 saturated heterocycles. The summed E-state index contributed by atoms with van der Waals surface area (Å²) < 4.78 is 14.2. The van der Waals surface area contributed by atoms with Gasteiger partial charge in [-0.25, -0.2) is 9.36 Å². The van der Waals surface area contributed by atoms with Gasteiger partial charge >= 0.3 is 181 Å². The molecular weight excluding hydrogens is 1050 g/mol. The molecule has 2 aromatic heterocycles. The molecule has 10 atom stereocenters. The number of hydrogen-bond donors (Lipinski definition) is 9. The molecule has 72 heavy (non-hydrogen) atoms. The fourth-order valence-electron chi connectivity index (χ4n) is 9.01. The van der Waals surface area contributed by atoms with Crippen LogP contribution in [0.4, 0.5) is 16.3 Å². The standard InChI is InChI=1S/C48H70IN11O12/c1-8-10-27(5)60-25-52-38-41(50-24-51-42(38)60)57-46-40(65)39(64)37(33(22-61)72-46)56-44(67)30-15-18-58(21-30)48(70)71-23-29-11-13-31(14-12-29)54-43(66)28(6)53-45(68)36(26(3)4)55-34(62)16-19-59-35(63)20-32(47(59)69)49(7)17-9-2/h11-14,24-28,30,32-33,36-37,39-40,46,61,64-65H,8-10,15-23H2,1-7H3,(H5,50,51,53,54,55,56,57,62,66,67,68)/p+1/t27?,28-,30+,32?,33-,36-,37-,39+,40-,46-/m0/s1. The number of amides is 7. The molecule has 3 aliphatic heterocycles. The van der Waals surface area contributed by atoms with Crippen LogP contribution in [0.5, 0.6) is 0 Å². The Bertz CT molecular complexity index is 2410. The number of benzene rings is 1. The molecule has 396 valence electrons. The molecule has 2 unspecified atom stereocenters. The molecule has 3 fully saturated rings. The number of alkyl halides is 3. The van der Waals surface area contributed by atoms with E-state index < -0.39 is 105 Å². The number of aromatic amines is 1. The van der Waals surface area contributed by atoms with Crippen molar-refractivity contribution in [2.24, 2.45) is 11.8 Å². The summed E-state index contributed by atoms with van der Waals surface area (Å²) >= 11 is -1.61. The predicted octanol–water partition coefficient (Wildman–Crippen LogP) is 1.25. The van der Waals surface area contributed by atoms with E-state index in [9.17, 15) is 48.9 Å². The Morgan fingerprint density at radius 1 is 1.00 bits per heavy atom. The van der Waals surface area contributed by atoms with Crippen LogP contribution >= 0.6 is 19.8 Å². The molecule has 9 N–H and O–H groups in total. The van der Waals surface area contributed by atoms with E-state index >= 15 is 0 Å². The number of nitrogens with zero attached hydrogens (tertiary/aromatic N) is 5. The minimum atomic E-state index is -1.61. The van der Waals surface area contributed by atoms with Crippen molar-refractivity contribution in [2.75, 3.05) is 46.2 Å². The Labute approximate surface area is 425 Å². The average molecular weight is 1120 g/mol. The van der Waals surface area contributed by atoms with Crippen molar-refractivity contribution in [3.8, 4) is 0 Å². The SMILES string of the molecule is CCCC(C)[n+]1c[nH]c2c(N[C@H]3O[C@@H](CO)[C@H](NC(=O)[C@@H]4CCN(C(=O)OCc5ccc(NC(=O)[C@H](C)NC(=O)[C@@H](NC(=O)CCN6C(=O)CC(I(C)CCC)C6=O)C(C)C)cc5)C4)[C@@H](O)[C@@H]3O)ncnc21. The summed E-state index contributed by atoms with van der Waals surface area (Å²) in [6.45, 7) is 10.7. The van der Waals surface area contributed by atoms with Crippen molar-refractivity contribution in [3.63, 3.8) is 0 Å². The van der Waals surface area contributed by atoms with Crippen LogP contribution in [0.1, 0.15) is 91.7 Å². The first kappa shape index (κ1) is 55.7. The minimum Gasteiger partial charge on any atom is -0.388 e. The third-order valence-corrected chi connectivity index (χ3v) is 19.5.